The topological polar surface area (TPSA) is 26.3 Å². The van der Waals surface area contributed by atoms with Crippen molar-refractivity contribution >= 4 is 5.97 Å². The van der Waals surface area contributed by atoms with Gasteiger partial charge in [0.05, 0.1) is 5.41 Å². The lowest BCUT2D eigenvalue weighted by Crippen LogP contribution is -2.41. The number of esters is 1. The Morgan fingerprint density at radius 1 is 1.29 bits per heavy atom. The molecule has 0 spiro atoms. The van der Waals surface area contributed by atoms with Crippen molar-refractivity contribution in [1.82, 2.24) is 0 Å². The van der Waals surface area contributed by atoms with Crippen LogP contribution < -0.4 is 0 Å². The zero-order valence-corrected chi connectivity index (χ0v) is 11.9. The van der Waals surface area contributed by atoms with E-state index in [4.69, 9.17) is 4.74 Å². The standard InChI is InChI=1S/C15H26O2/c1-6-14(2,3)13(16)17-15(4,5)12-10-8-7-9-11-12/h7-8,12H,6,9-11H2,1-5H3. The van der Waals surface area contributed by atoms with Gasteiger partial charge >= 0.3 is 5.97 Å². The quantitative estimate of drug-likeness (QED) is 0.544. The molecule has 0 fully saturated rings. The zero-order chi connectivity index (χ0) is 13.1. The molecule has 0 heterocycles. The highest BCUT2D eigenvalue weighted by Gasteiger charge is 2.37. The van der Waals surface area contributed by atoms with Gasteiger partial charge in [0.25, 0.3) is 0 Å². The van der Waals surface area contributed by atoms with Crippen LogP contribution in [0.2, 0.25) is 0 Å². The molecule has 0 N–H and O–H groups in total. The Balaban J connectivity index is 2.65. The molecule has 0 saturated heterocycles. The molecule has 0 bridgehead atoms. The van der Waals surface area contributed by atoms with E-state index in [1.807, 2.05) is 34.6 Å². The zero-order valence-electron chi connectivity index (χ0n) is 11.9. The second kappa shape index (κ2) is 5.24. The lowest BCUT2D eigenvalue weighted by atomic mass is 9.81. The maximum Gasteiger partial charge on any atom is 0.312 e. The smallest absolute Gasteiger partial charge is 0.312 e. The fraction of sp³-hybridized carbons (Fsp3) is 0.800. The maximum atomic E-state index is 12.1. The number of hydrogen-bond donors (Lipinski definition) is 0. The predicted octanol–water partition coefficient (Wildman–Crippen LogP) is 4.10. The van der Waals surface area contributed by atoms with Gasteiger partial charge in [0.2, 0.25) is 0 Å². The summed E-state index contributed by atoms with van der Waals surface area (Å²) in [5.41, 5.74) is -0.726. The van der Waals surface area contributed by atoms with Crippen molar-refractivity contribution < 1.29 is 9.53 Å². The maximum absolute atomic E-state index is 12.1. The van der Waals surface area contributed by atoms with Crippen molar-refractivity contribution in [3.8, 4) is 0 Å². The average molecular weight is 238 g/mol. The monoisotopic (exact) mass is 238 g/mol. The van der Waals surface area contributed by atoms with Crippen molar-refractivity contribution in [3.05, 3.63) is 12.2 Å². The fourth-order valence-corrected chi connectivity index (χ4v) is 2.03. The molecular weight excluding hydrogens is 212 g/mol. The van der Waals surface area contributed by atoms with Crippen molar-refractivity contribution in [1.29, 1.82) is 0 Å². The molecule has 2 heteroatoms. The Kier molecular flexibility index (Phi) is 4.40. The van der Waals surface area contributed by atoms with E-state index in [0.29, 0.717) is 5.92 Å². The van der Waals surface area contributed by atoms with E-state index in [9.17, 15) is 4.79 Å². The first-order chi connectivity index (χ1) is 7.79. The molecule has 0 aromatic carbocycles. The third-order valence-electron chi connectivity index (χ3n) is 4.04. The fourth-order valence-electron chi connectivity index (χ4n) is 2.03. The van der Waals surface area contributed by atoms with Gasteiger partial charge in [-0.2, -0.15) is 0 Å². The van der Waals surface area contributed by atoms with Crippen LogP contribution in [0.4, 0.5) is 0 Å². The Morgan fingerprint density at radius 3 is 2.41 bits per heavy atom. The molecule has 1 atom stereocenters. The number of hydrogen-bond acceptors (Lipinski definition) is 2. The van der Waals surface area contributed by atoms with Gasteiger partial charge in [-0.15, -0.1) is 0 Å². The van der Waals surface area contributed by atoms with Gasteiger partial charge in [-0.3, -0.25) is 4.79 Å². The summed E-state index contributed by atoms with van der Waals surface area (Å²) in [5.74, 6) is 0.378. The third-order valence-corrected chi connectivity index (χ3v) is 4.04. The SMILES string of the molecule is CCC(C)(C)C(=O)OC(C)(C)C1CC=CCC1. The number of allylic oxidation sites excluding steroid dienone is 2. The molecule has 1 unspecified atom stereocenters. The first-order valence-corrected chi connectivity index (χ1v) is 6.68. The molecule has 98 valence electrons. The van der Waals surface area contributed by atoms with Gasteiger partial charge in [-0.25, -0.2) is 0 Å². The Bertz CT molecular complexity index is 300. The summed E-state index contributed by atoms with van der Waals surface area (Å²) in [5, 5.41) is 0. The summed E-state index contributed by atoms with van der Waals surface area (Å²) in [6.45, 7) is 10.0. The average Bonchev–Trinajstić information content (AvgIpc) is 2.29. The highest BCUT2D eigenvalue weighted by molar-refractivity contribution is 5.76. The van der Waals surface area contributed by atoms with Crippen LogP contribution in [-0.4, -0.2) is 11.6 Å². The normalized spacial score (nSPS) is 21.4. The van der Waals surface area contributed by atoms with Crippen LogP contribution >= 0.6 is 0 Å². The number of carbonyl (C=O) groups is 1. The molecule has 0 aromatic rings. The minimum atomic E-state index is -0.373. The highest BCUT2D eigenvalue weighted by atomic mass is 16.6. The van der Waals surface area contributed by atoms with Crippen molar-refractivity contribution in [2.24, 2.45) is 11.3 Å². The Labute approximate surface area is 105 Å². The second-order valence-electron chi connectivity index (χ2n) is 6.21. The van der Waals surface area contributed by atoms with E-state index in [2.05, 4.69) is 12.2 Å². The van der Waals surface area contributed by atoms with Crippen LogP contribution in [0, 0.1) is 11.3 Å². The van der Waals surface area contributed by atoms with Gasteiger partial charge < -0.3 is 4.74 Å². The minimum absolute atomic E-state index is 0.0699. The molecule has 0 radical (unpaired) electrons. The van der Waals surface area contributed by atoms with Gasteiger partial charge in [0.15, 0.2) is 0 Å². The lowest BCUT2D eigenvalue weighted by Gasteiger charge is -2.37. The molecule has 17 heavy (non-hydrogen) atoms. The van der Waals surface area contributed by atoms with Crippen LogP contribution in [0.3, 0.4) is 0 Å². The molecule has 0 aromatic heterocycles. The van der Waals surface area contributed by atoms with Crippen molar-refractivity contribution in [2.45, 2.75) is 65.9 Å². The number of rotatable bonds is 4. The molecule has 0 saturated carbocycles. The van der Waals surface area contributed by atoms with Crippen LogP contribution in [0.25, 0.3) is 0 Å². The summed E-state index contributed by atoms with van der Waals surface area (Å²) in [7, 11) is 0. The van der Waals surface area contributed by atoms with Crippen molar-refractivity contribution in [2.75, 3.05) is 0 Å². The van der Waals surface area contributed by atoms with Crippen LogP contribution in [0.1, 0.15) is 60.3 Å². The largest absolute Gasteiger partial charge is 0.459 e. The lowest BCUT2D eigenvalue weighted by molar-refractivity contribution is -0.173. The highest BCUT2D eigenvalue weighted by Crippen LogP contribution is 2.34. The van der Waals surface area contributed by atoms with E-state index in [1.165, 1.54) is 0 Å². The summed E-state index contributed by atoms with van der Waals surface area (Å²) >= 11 is 0. The molecule has 0 amide bonds. The minimum Gasteiger partial charge on any atom is -0.459 e. The summed E-state index contributed by atoms with van der Waals surface area (Å²) in [4.78, 5) is 12.1. The molecule has 2 nitrogen and oxygen atoms in total. The van der Waals surface area contributed by atoms with Gasteiger partial charge in [-0.1, -0.05) is 19.1 Å². The van der Waals surface area contributed by atoms with E-state index in [-0.39, 0.29) is 17.0 Å². The second-order valence-corrected chi connectivity index (χ2v) is 6.21. The van der Waals surface area contributed by atoms with Crippen LogP contribution in [0.5, 0.6) is 0 Å². The molecule has 1 aliphatic rings. The van der Waals surface area contributed by atoms with Gasteiger partial charge in [-0.05, 0) is 53.4 Å². The Morgan fingerprint density at radius 2 is 1.94 bits per heavy atom. The molecule has 0 aliphatic heterocycles. The van der Waals surface area contributed by atoms with E-state index >= 15 is 0 Å². The third kappa shape index (κ3) is 3.58. The summed E-state index contributed by atoms with van der Waals surface area (Å²) in [6.07, 6.45) is 8.46. The van der Waals surface area contributed by atoms with Gasteiger partial charge in [0, 0.05) is 5.92 Å². The summed E-state index contributed by atoms with van der Waals surface area (Å²) in [6, 6.07) is 0. The number of ether oxygens (including phenoxy) is 1. The van der Waals surface area contributed by atoms with E-state index in [0.717, 1.165) is 25.7 Å². The predicted molar refractivity (Wildman–Crippen MR) is 70.7 cm³/mol. The van der Waals surface area contributed by atoms with Crippen LogP contribution in [-0.2, 0) is 9.53 Å². The summed E-state index contributed by atoms with van der Waals surface area (Å²) < 4.78 is 5.76. The first-order valence-electron chi connectivity index (χ1n) is 6.68. The molecular formula is C15H26O2. The van der Waals surface area contributed by atoms with Crippen molar-refractivity contribution in [3.63, 3.8) is 0 Å². The van der Waals surface area contributed by atoms with E-state index < -0.39 is 0 Å². The van der Waals surface area contributed by atoms with Crippen LogP contribution in [0.15, 0.2) is 12.2 Å². The number of carbonyl (C=O) groups excluding carboxylic acids is 1. The first kappa shape index (κ1) is 14.3. The van der Waals surface area contributed by atoms with E-state index in [1.54, 1.807) is 0 Å². The molecule has 1 rings (SSSR count). The molecule has 1 aliphatic carbocycles. The van der Waals surface area contributed by atoms with Gasteiger partial charge in [0.1, 0.15) is 5.60 Å². The Hall–Kier alpha value is -0.790.